The predicted octanol–water partition coefficient (Wildman–Crippen LogP) is 4.25. The van der Waals surface area contributed by atoms with Gasteiger partial charge in [0.05, 0.1) is 11.3 Å². The summed E-state index contributed by atoms with van der Waals surface area (Å²) in [5.74, 6) is -0.441. The average molecular weight is 310 g/mol. The molecule has 0 fully saturated rings. The number of hydrogen-bond acceptors (Lipinski definition) is 4. The van der Waals surface area contributed by atoms with Gasteiger partial charge in [0.1, 0.15) is 6.61 Å². The van der Waals surface area contributed by atoms with Gasteiger partial charge in [-0.1, -0.05) is 43.0 Å². The van der Waals surface area contributed by atoms with Crippen LogP contribution in [-0.2, 0) is 16.1 Å². The highest BCUT2D eigenvalue weighted by atomic mass is 16.5. The molecule has 0 saturated heterocycles. The lowest BCUT2D eigenvalue weighted by molar-refractivity contribution is -0.139. The van der Waals surface area contributed by atoms with E-state index < -0.39 is 5.97 Å². The zero-order valence-corrected chi connectivity index (χ0v) is 13.8. The standard InChI is InChI=1S/C19H22N2O2/c1-5-17(12-18(14(3)20)15(4)21-6-2)19(22)23-13-16-10-8-7-9-11-16/h5-12,20H,4,13H2,1-3H3/b17-5+,18-12-,20-14?,21-6-. The van der Waals surface area contributed by atoms with E-state index in [1.54, 1.807) is 39.1 Å². The fourth-order valence-corrected chi connectivity index (χ4v) is 1.86. The van der Waals surface area contributed by atoms with Gasteiger partial charge in [0.2, 0.25) is 0 Å². The molecule has 120 valence electrons. The van der Waals surface area contributed by atoms with Crippen LogP contribution in [0.2, 0.25) is 0 Å². The molecule has 0 bridgehead atoms. The summed E-state index contributed by atoms with van der Waals surface area (Å²) in [4.78, 5) is 16.3. The Morgan fingerprint density at radius 1 is 1.30 bits per heavy atom. The van der Waals surface area contributed by atoms with E-state index in [9.17, 15) is 4.79 Å². The third kappa shape index (κ3) is 5.87. The highest BCUT2D eigenvalue weighted by Gasteiger charge is 2.12. The minimum absolute atomic E-state index is 0.206. The van der Waals surface area contributed by atoms with Gasteiger partial charge in [0, 0.05) is 17.5 Å². The molecule has 1 N–H and O–H groups in total. The number of esters is 1. The Morgan fingerprint density at radius 2 is 1.96 bits per heavy atom. The summed E-state index contributed by atoms with van der Waals surface area (Å²) >= 11 is 0. The lowest BCUT2D eigenvalue weighted by Crippen LogP contribution is -2.08. The van der Waals surface area contributed by atoms with Crippen LogP contribution in [0.5, 0.6) is 0 Å². The number of aliphatic imine (C=N–C) groups is 1. The predicted molar refractivity (Wildman–Crippen MR) is 94.8 cm³/mol. The van der Waals surface area contributed by atoms with E-state index in [0.29, 0.717) is 16.8 Å². The molecular weight excluding hydrogens is 288 g/mol. The number of benzene rings is 1. The quantitative estimate of drug-likeness (QED) is 0.354. The minimum Gasteiger partial charge on any atom is -0.457 e. The SMILES string of the molecule is C=C(/N=C\C)/C(=C\C(=C/C)C(=O)OCc1ccccc1)C(C)=N. The monoisotopic (exact) mass is 310 g/mol. The topological polar surface area (TPSA) is 62.5 Å². The van der Waals surface area contributed by atoms with Crippen LogP contribution >= 0.6 is 0 Å². The molecule has 0 aliphatic rings. The normalized spacial score (nSPS) is 12.3. The van der Waals surface area contributed by atoms with Gasteiger partial charge in [-0.15, -0.1) is 0 Å². The van der Waals surface area contributed by atoms with Crippen LogP contribution in [-0.4, -0.2) is 17.9 Å². The van der Waals surface area contributed by atoms with Crippen molar-refractivity contribution in [1.82, 2.24) is 0 Å². The van der Waals surface area contributed by atoms with Crippen LogP contribution in [0.1, 0.15) is 26.3 Å². The second-order valence-corrected chi connectivity index (χ2v) is 4.82. The van der Waals surface area contributed by atoms with Crippen LogP contribution in [0.3, 0.4) is 0 Å². The number of nitrogens with one attached hydrogen (secondary N) is 1. The summed E-state index contributed by atoms with van der Waals surface area (Å²) in [6.45, 7) is 9.17. The maximum atomic E-state index is 12.2. The van der Waals surface area contributed by atoms with Crippen molar-refractivity contribution in [3.63, 3.8) is 0 Å². The zero-order chi connectivity index (χ0) is 17.2. The van der Waals surface area contributed by atoms with E-state index in [2.05, 4.69) is 11.6 Å². The number of carbonyl (C=O) groups is 1. The third-order valence-electron chi connectivity index (χ3n) is 3.06. The Labute approximate surface area is 137 Å². The van der Waals surface area contributed by atoms with Crippen molar-refractivity contribution in [2.24, 2.45) is 4.99 Å². The van der Waals surface area contributed by atoms with E-state index in [-0.39, 0.29) is 12.3 Å². The first-order chi connectivity index (χ1) is 11.0. The largest absolute Gasteiger partial charge is 0.457 e. The van der Waals surface area contributed by atoms with Crippen LogP contribution in [0.4, 0.5) is 0 Å². The summed E-state index contributed by atoms with van der Waals surface area (Å²) in [5, 5.41) is 7.82. The molecule has 0 spiro atoms. The Kier molecular flexibility index (Phi) is 7.40. The summed E-state index contributed by atoms with van der Waals surface area (Å²) in [7, 11) is 0. The fraction of sp³-hybridized carbons (Fsp3) is 0.211. The van der Waals surface area contributed by atoms with E-state index in [1.165, 1.54) is 0 Å². The maximum absolute atomic E-state index is 12.2. The fourth-order valence-electron chi connectivity index (χ4n) is 1.86. The molecule has 0 radical (unpaired) electrons. The first kappa shape index (κ1) is 18.3. The van der Waals surface area contributed by atoms with Crippen molar-refractivity contribution < 1.29 is 9.53 Å². The summed E-state index contributed by atoms with van der Waals surface area (Å²) < 4.78 is 5.31. The molecule has 0 aliphatic carbocycles. The molecule has 0 atom stereocenters. The lowest BCUT2D eigenvalue weighted by atomic mass is 10.1. The molecule has 1 aromatic carbocycles. The van der Waals surface area contributed by atoms with Crippen molar-refractivity contribution >= 4 is 17.9 Å². The molecule has 0 aromatic heterocycles. The molecule has 0 unspecified atom stereocenters. The van der Waals surface area contributed by atoms with Crippen molar-refractivity contribution in [2.45, 2.75) is 27.4 Å². The van der Waals surface area contributed by atoms with E-state index >= 15 is 0 Å². The number of hydrogen-bond donors (Lipinski definition) is 1. The van der Waals surface area contributed by atoms with Gasteiger partial charge in [-0.3, -0.25) is 4.99 Å². The molecule has 4 heteroatoms. The van der Waals surface area contributed by atoms with E-state index in [1.807, 2.05) is 30.3 Å². The van der Waals surface area contributed by atoms with Crippen molar-refractivity contribution in [3.8, 4) is 0 Å². The highest BCUT2D eigenvalue weighted by Crippen LogP contribution is 2.15. The molecule has 1 rings (SSSR count). The van der Waals surface area contributed by atoms with Crippen molar-refractivity contribution in [1.29, 1.82) is 5.41 Å². The zero-order valence-electron chi connectivity index (χ0n) is 13.8. The Balaban J connectivity index is 2.89. The third-order valence-corrected chi connectivity index (χ3v) is 3.06. The lowest BCUT2D eigenvalue weighted by Gasteiger charge is -2.09. The molecule has 0 saturated carbocycles. The van der Waals surface area contributed by atoms with Crippen molar-refractivity contribution in [3.05, 3.63) is 71.5 Å². The first-order valence-corrected chi connectivity index (χ1v) is 7.32. The maximum Gasteiger partial charge on any atom is 0.338 e. The number of rotatable bonds is 7. The molecule has 1 aromatic rings. The van der Waals surface area contributed by atoms with Gasteiger partial charge < -0.3 is 10.1 Å². The van der Waals surface area contributed by atoms with Gasteiger partial charge in [0.15, 0.2) is 0 Å². The van der Waals surface area contributed by atoms with Gasteiger partial charge in [0.25, 0.3) is 0 Å². The molecule has 0 heterocycles. The van der Waals surface area contributed by atoms with Crippen LogP contribution < -0.4 is 0 Å². The number of allylic oxidation sites excluding steroid dienone is 2. The second-order valence-electron chi connectivity index (χ2n) is 4.82. The summed E-state index contributed by atoms with van der Waals surface area (Å²) in [5.41, 5.74) is 2.53. The second kappa shape index (κ2) is 9.30. The molecule has 0 aliphatic heterocycles. The highest BCUT2D eigenvalue weighted by molar-refractivity contribution is 6.03. The van der Waals surface area contributed by atoms with Crippen LogP contribution in [0.15, 0.2) is 70.9 Å². The van der Waals surface area contributed by atoms with Gasteiger partial charge in [-0.25, -0.2) is 4.79 Å². The molecular formula is C19H22N2O2. The van der Waals surface area contributed by atoms with Crippen molar-refractivity contribution in [2.75, 3.05) is 0 Å². The van der Waals surface area contributed by atoms with Crippen LogP contribution in [0.25, 0.3) is 0 Å². The Hall–Kier alpha value is -2.75. The molecule has 0 amide bonds. The van der Waals surface area contributed by atoms with Gasteiger partial charge >= 0.3 is 5.97 Å². The van der Waals surface area contributed by atoms with E-state index in [0.717, 1.165) is 5.56 Å². The Bertz CT molecular complexity index is 668. The van der Waals surface area contributed by atoms with Gasteiger partial charge in [-0.05, 0) is 32.4 Å². The smallest absolute Gasteiger partial charge is 0.338 e. The average Bonchev–Trinajstić information content (AvgIpc) is 2.54. The first-order valence-electron chi connectivity index (χ1n) is 7.32. The van der Waals surface area contributed by atoms with E-state index in [4.69, 9.17) is 10.1 Å². The molecule has 23 heavy (non-hydrogen) atoms. The van der Waals surface area contributed by atoms with Gasteiger partial charge in [-0.2, -0.15) is 0 Å². The summed E-state index contributed by atoms with van der Waals surface area (Å²) in [6, 6.07) is 9.48. The minimum atomic E-state index is -0.441. The molecule has 4 nitrogen and oxygen atoms in total. The number of nitrogens with zero attached hydrogens (tertiary/aromatic N) is 1. The Morgan fingerprint density at radius 3 is 2.48 bits per heavy atom. The number of ether oxygens (including phenoxy) is 1. The number of carbonyl (C=O) groups excluding carboxylic acids is 1. The van der Waals surface area contributed by atoms with Crippen LogP contribution in [0, 0.1) is 5.41 Å². The summed E-state index contributed by atoms with van der Waals surface area (Å²) in [6.07, 6.45) is 4.84.